The number of rotatable bonds is 2. The smallest absolute Gasteiger partial charge is 0.216 e. The van der Waals surface area contributed by atoms with E-state index in [-0.39, 0.29) is 0 Å². The maximum atomic E-state index is 13.3. The Bertz CT molecular complexity index is 366. The SMILES string of the molecule is OC1(Cc2cc(Br)cnc2F)CCNC1. The molecule has 1 aliphatic rings. The summed E-state index contributed by atoms with van der Waals surface area (Å²) in [6.07, 6.45) is 2.37. The van der Waals surface area contributed by atoms with Crippen LogP contribution in [0.1, 0.15) is 12.0 Å². The zero-order valence-electron chi connectivity index (χ0n) is 8.13. The Balaban J connectivity index is 2.19. The topological polar surface area (TPSA) is 45.2 Å². The average Bonchev–Trinajstić information content (AvgIpc) is 2.59. The Hall–Kier alpha value is -0.520. The molecule has 1 unspecified atom stereocenters. The monoisotopic (exact) mass is 274 g/mol. The minimum absolute atomic E-state index is 0.304. The lowest BCUT2D eigenvalue weighted by Crippen LogP contribution is -2.34. The molecule has 0 amide bonds. The fourth-order valence-corrected chi connectivity index (χ4v) is 2.20. The molecule has 0 saturated carbocycles. The molecule has 5 heteroatoms. The van der Waals surface area contributed by atoms with E-state index in [9.17, 15) is 9.50 Å². The Labute approximate surface area is 95.8 Å². The van der Waals surface area contributed by atoms with Gasteiger partial charge in [0.05, 0.1) is 5.60 Å². The second-order valence-corrected chi connectivity index (χ2v) is 4.85. The van der Waals surface area contributed by atoms with Crippen molar-refractivity contribution < 1.29 is 9.50 Å². The summed E-state index contributed by atoms with van der Waals surface area (Å²) >= 11 is 3.24. The van der Waals surface area contributed by atoms with E-state index in [4.69, 9.17) is 0 Å². The van der Waals surface area contributed by atoms with Crippen LogP contribution in [0.5, 0.6) is 0 Å². The van der Waals surface area contributed by atoms with Gasteiger partial charge < -0.3 is 10.4 Å². The predicted molar refractivity (Wildman–Crippen MR) is 58.0 cm³/mol. The minimum atomic E-state index is -0.830. The third-order valence-electron chi connectivity index (χ3n) is 2.62. The molecule has 1 aromatic rings. The second-order valence-electron chi connectivity index (χ2n) is 3.93. The molecule has 0 spiro atoms. The normalized spacial score (nSPS) is 25.8. The van der Waals surface area contributed by atoms with E-state index in [0.717, 1.165) is 11.0 Å². The van der Waals surface area contributed by atoms with Crippen molar-refractivity contribution in [3.63, 3.8) is 0 Å². The molecule has 3 nitrogen and oxygen atoms in total. The van der Waals surface area contributed by atoms with E-state index >= 15 is 0 Å². The zero-order valence-corrected chi connectivity index (χ0v) is 9.72. The van der Waals surface area contributed by atoms with Gasteiger partial charge in [-0.2, -0.15) is 4.39 Å². The predicted octanol–water partition coefficient (Wildman–Crippen LogP) is 1.25. The maximum Gasteiger partial charge on any atom is 0.216 e. The van der Waals surface area contributed by atoms with Crippen molar-refractivity contribution in [1.82, 2.24) is 10.3 Å². The van der Waals surface area contributed by atoms with Crippen molar-refractivity contribution in [2.45, 2.75) is 18.4 Å². The van der Waals surface area contributed by atoms with Gasteiger partial charge in [-0.1, -0.05) is 0 Å². The quantitative estimate of drug-likeness (QED) is 0.798. The van der Waals surface area contributed by atoms with Gasteiger partial charge in [-0.25, -0.2) is 4.98 Å². The highest BCUT2D eigenvalue weighted by atomic mass is 79.9. The zero-order chi connectivity index (χ0) is 10.9. The van der Waals surface area contributed by atoms with Crippen LogP contribution < -0.4 is 5.32 Å². The summed E-state index contributed by atoms with van der Waals surface area (Å²) in [5.41, 5.74) is -0.376. The molecule has 1 aromatic heterocycles. The maximum absolute atomic E-state index is 13.3. The van der Waals surface area contributed by atoms with E-state index in [1.54, 1.807) is 6.07 Å². The van der Waals surface area contributed by atoms with Crippen LogP contribution >= 0.6 is 15.9 Å². The summed E-state index contributed by atoms with van der Waals surface area (Å²) in [7, 11) is 0. The molecule has 2 heterocycles. The lowest BCUT2D eigenvalue weighted by molar-refractivity contribution is 0.0608. The molecule has 1 aliphatic heterocycles. The molecule has 1 atom stereocenters. The summed E-state index contributed by atoms with van der Waals surface area (Å²) in [6, 6.07) is 1.67. The summed E-state index contributed by atoms with van der Waals surface area (Å²) in [5.74, 6) is -0.501. The fraction of sp³-hybridized carbons (Fsp3) is 0.500. The van der Waals surface area contributed by atoms with Crippen LogP contribution in [-0.4, -0.2) is 28.8 Å². The third-order valence-corrected chi connectivity index (χ3v) is 3.05. The van der Waals surface area contributed by atoms with Gasteiger partial charge >= 0.3 is 0 Å². The Morgan fingerprint density at radius 2 is 2.47 bits per heavy atom. The number of pyridine rings is 1. The molecule has 1 fully saturated rings. The van der Waals surface area contributed by atoms with Crippen molar-refractivity contribution in [3.8, 4) is 0 Å². The van der Waals surface area contributed by atoms with Gasteiger partial charge in [-0.3, -0.25) is 0 Å². The second kappa shape index (κ2) is 4.15. The summed E-state index contributed by atoms with van der Waals surface area (Å²) in [5, 5.41) is 13.2. The Kier molecular flexibility index (Phi) is 3.04. The van der Waals surface area contributed by atoms with E-state index in [1.807, 2.05) is 0 Å². The lowest BCUT2D eigenvalue weighted by Gasteiger charge is -2.21. The molecule has 0 bridgehead atoms. The van der Waals surface area contributed by atoms with Gasteiger partial charge in [-0.05, 0) is 35.0 Å². The molecular weight excluding hydrogens is 263 g/mol. The molecular formula is C10H12BrFN2O. The Morgan fingerprint density at radius 1 is 1.67 bits per heavy atom. The molecule has 2 rings (SSSR count). The first-order chi connectivity index (χ1) is 7.09. The number of aromatic nitrogens is 1. The van der Waals surface area contributed by atoms with Crippen molar-refractivity contribution in [3.05, 3.63) is 28.2 Å². The molecule has 0 aliphatic carbocycles. The van der Waals surface area contributed by atoms with Crippen molar-refractivity contribution in [2.24, 2.45) is 0 Å². The van der Waals surface area contributed by atoms with Gasteiger partial charge in [0.25, 0.3) is 0 Å². The van der Waals surface area contributed by atoms with E-state index in [1.165, 1.54) is 6.20 Å². The van der Waals surface area contributed by atoms with Crippen LogP contribution in [0, 0.1) is 5.95 Å². The first-order valence-corrected chi connectivity index (χ1v) is 5.61. The van der Waals surface area contributed by atoms with Crippen LogP contribution in [0.2, 0.25) is 0 Å². The number of hydrogen-bond donors (Lipinski definition) is 2. The number of aliphatic hydroxyl groups is 1. The van der Waals surface area contributed by atoms with Crippen LogP contribution in [0.4, 0.5) is 4.39 Å². The average molecular weight is 275 g/mol. The first kappa shape index (κ1) is 11.0. The highest BCUT2D eigenvalue weighted by Gasteiger charge is 2.32. The number of nitrogens with one attached hydrogen (secondary N) is 1. The lowest BCUT2D eigenvalue weighted by atomic mass is 9.94. The van der Waals surface area contributed by atoms with Gasteiger partial charge in [0.2, 0.25) is 5.95 Å². The first-order valence-electron chi connectivity index (χ1n) is 4.82. The summed E-state index contributed by atoms with van der Waals surface area (Å²) in [4.78, 5) is 3.61. The van der Waals surface area contributed by atoms with E-state index in [0.29, 0.717) is 24.9 Å². The van der Waals surface area contributed by atoms with Crippen LogP contribution in [0.15, 0.2) is 16.7 Å². The van der Waals surface area contributed by atoms with Crippen molar-refractivity contribution in [2.75, 3.05) is 13.1 Å². The number of halogens is 2. The largest absolute Gasteiger partial charge is 0.388 e. The van der Waals surface area contributed by atoms with Crippen LogP contribution in [0.3, 0.4) is 0 Å². The molecule has 82 valence electrons. The summed E-state index contributed by atoms with van der Waals surface area (Å²) < 4.78 is 14.1. The van der Waals surface area contributed by atoms with Crippen LogP contribution in [0.25, 0.3) is 0 Å². The standard InChI is InChI=1S/C10H12BrFN2O/c11-8-3-7(9(12)14-5-8)4-10(15)1-2-13-6-10/h3,5,13,15H,1-2,4,6H2. The molecule has 15 heavy (non-hydrogen) atoms. The van der Waals surface area contributed by atoms with Gasteiger partial charge in [0.1, 0.15) is 0 Å². The third kappa shape index (κ3) is 2.53. The van der Waals surface area contributed by atoms with Gasteiger partial charge in [0, 0.05) is 29.2 Å². The highest BCUT2D eigenvalue weighted by Crippen LogP contribution is 2.23. The summed E-state index contributed by atoms with van der Waals surface area (Å²) in [6.45, 7) is 1.29. The van der Waals surface area contributed by atoms with Crippen LogP contribution in [-0.2, 0) is 6.42 Å². The molecule has 1 saturated heterocycles. The molecule has 0 aromatic carbocycles. The van der Waals surface area contributed by atoms with E-state index in [2.05, 4.69) is 26.2 Å². The number of nitrogens with zero attached hydrogens (tertiary/aromatic N) is 1. The minimum Gasteiger partial charge on any atom is -0.388 e. The van der Waals surface area contributed by atoms with Crippen molar-refractivity contribution >= 4 is 15.9 Å². The molecule has 0 radical (unpaired) electrons. The molecule has 2 N–H and O–H groups in total. The highest BCUT2D eigenvalue weighted by molar-refractivity contribution is 9.10. The Morgan fingerprint density at radius 3 is 3.13 bits per heavy atom. The van der Waals surface area contributed by atoms with Gasteiger partial charge in [-0.15, -0.1) is 0 Å². The fourth-order valence-electron chi connectivity index (χ4n) is 1.82. The number of β-amino-alcohol motifs (C(OH)–C–C–N with tert-alkyl or cyclic N) is 1. The van der Waals surface area contributed by atoms with Crippen molar-refractivity contribution in [1.29, 1.82) is 0 Å². The van der Waals surface area contributed by atoms with E-state index < -0.39 is 11.5 Å². The van der Waals surface area contributed by atoms with Gasteiger partial charge in [0.15, 0.2) is 0 Å². The number of hydrogen-bond acceptors (Lipinski definition) is 3.